The molecule has 0 amide bonds. The van der Waals surface area contributed by atoms with Crippen molar-refractivity contribution in [2.75, 3.05) is 6.54 Å². The predicted molar refractivity (Wildman–Crippen MR) is 105 cm³/mol. The van der Waals surface area contributed by atoms with E-state index in [9.17, 15) is 20.4 Å². The van der Waals surface area contributed by atoms with Crippen LogP contribution in [-0.2, 0) is 0 Å². The highest BCUT2D eigenvalue weighted by molar-refractivity contribution is 4.80. The highest BCUT2D eigenvalue weighted by Gasteiger charge is 2.25. The molecule has 0 spiro atoms. The first-order valence-corrected chi connectivity index (χ1v) is 10.5. The van der Waals surface area contributed by atoms with Crippen LogP contribution in [0.3, 0.4) is 0 Å². The van der Waals surface area contributed by atoms with Gasteiger partial charge in [0.25, 0.3) is 0 Å². The lowest BCUT2D eigenvalue weighted by Gasteiger charge is -2.31. The number of rotatable bonds is 13. The molecule has 1 aliphatic carbocycles. The minimum Gasteiger partial charge on any atom is -0.393 e. The van der Waals surface area contributed by atoms with Crippen LogP contribution in [0.2, 0.25) is 0 Å². The van der Waals surface area contributed by atoms with Gasteiger partial charge in [-0.3, -0.25) is 5.32 Å². The smallest absolute Gasteiger partial charge is 0.167 e. The summed E-state index contributed by atoms with van der Waals surface area (Å²) in [5.41, 5.74) is 0. The summed E-state index contributed by atoms with van der Waals surface area (Å²) in [6, 6.07) is -0.273. The summed E-state index contributed by atoms with van der Waals surface area (Å²) in [4.78, 5) is 0. The van der Waals surface area contributed by atoms with Crippen molar-refractivity contribution >= 4 is 0 Å². The Morgan fingerprint density at radius 3 is 2.19 bits per heavy atom. The Kier molecular flexibility index (Phi) is 11.9. The van der Waals surface area contributed by atoms with Gasteiger partial charge in [0.2, 0.25) is 0 Å². The first kappa shape index (κ1) is 23.8. The van der Waals surface area contributed by atoms with Crippen molar-refractivity contribution in [2.24, 2.45) is 11.8 Å². The second-order valence-electron chi connectivity index (χ2n) is 8.33. The van der Waals surface area contributed by atoms with Crippen LogP contribution in [0.1, 0.15) is 78.6 Å². The Balaban J connectivity index is 2.49. The maximum absolute atomic E-state index is 10.4. The summed E-state index contributed by atoms with van der Waals surface area (Å²) in [5, 5.41) is 45.9. The zero-order valence-electron chi connectivity index (χ0n) is 16.9. The molecule has 0 aromatic heterocycles. The second kappa shape index (κ2) is 13.0. The number of aliphatic hydroxyl groups is 4. The quantitative estimate of drug-likeness (QED) is 0.274. The van der Waals surface area contributed by atoms with Crippen LogP contribution in [0.15, 0.2) is 0 Å². The molecule has 1 fully saturated rings. The van der Waals surface area contributed by atoms with Crippen LogP contribution in [0, 0.1) is 11.8 Å². The third kappa shape index (κ3) is 9.62. The first-order valence-electron chi connectivity index (χ1n) is 10.5. The average Bonchev–Trinajstić information content (AvgIpc) is 2.58. The molecule has 5 atom stereocenters. The van der Waals surface area contributed by atoms with Crippen molar-refractivity contribution in [2.45, 2.75) is 109 Å². The second-order valence-corrected chi connectivity index (χ2v) is 8.33. The minimum atomic E-state index is -1.36. The van der Waals surface area contributed by atoms with Gasteiger partial charge in [0.1, 0.15) is 6.23 Å². The average molecular weight is 375 g/mol. The zero-order valence-corrected chi connectivity index (χ0v) is 16.9. The molecule has 0 aromatic rings. The first-order chi connectivity index (χ1) is 12.3. The monoisotopic (exact) mass is 374 g/mol. The third-order valence-corrected chi connectivity index (χ3v) is 5.59. The Bertz CT molecular complexity index is 349. The number of nitrogens with one attached hydrogen (secondary N) is 2. The van der Waals surface area contributed by atoms with Gasteiger partial charge in [-0.15, -0.1) is 0 Å². The third-order valence-electron chi connectivity index (χ3n) is 5.59. The molecule has 1 saturated carbocycles. The standard InChI is InChI=1S/C20H42N2O4/c1-4-8-17(22-19(24)14(2)11-15(3)23)13-21-18(20(25)26)12-16-9-6-5-7-10-16/h14-26H,4-13H2,1-3H3. The van der Waals surface area contributed by atoms with E-state index < -0.39 is 18.6 Å². The summed E-state index contributed by atoms with van der Waals surface area (Å²) >= 11 is 0. The molecule has 6 nitrogen and oxygen atoms in total. The summed E-state index contributed by atoms with van der Waals surface area (Å²) in [6.45, 7) is 6.33. The van der Waals surface area contributed by atoms with Gasteiger partial charge in [-0.25, -0.2) is 0 Å². The van der Waals surface area contributed by atoms with Gasteiger partial charge in [0.15, 0.2) is 6.29 Å². The van der Waals surface area contributed by atoms with Crippen LogP contribution in [0.25, 0.3) is 0 Å². The van der Waals surface area contributed by atoms with Gasteiger partial charge in [0.05, 0.1) is 12.1 Å². The van der Waals surface area contributed by atoms with E-state index in [1.165, 1.54) is 32.1 Å². The molecular weight excluding hydrogens is 332 g/mol. The van der Waals surface area contributed by atoms with Crippen molar-refractivity contribution in [1.82, 2.24) is 10.6 Å². The number of hydrogen-bond donors (Lipinski definition) is 6. The van der Waals surface area contributed by atoms with E-state index in [0.717, 1.165) is 19.3 Å². The van der Waals surface area contributed by atoms with Crippen molar-refractivity contribution in [1.29, 1.82) is 0 Å². The maximum Gasteiger partial charge on any atom is 0.167 e. The highest BCUT2D eigenvalue weighted by atomic mass is 16.5. The Hall–Kier alpha value is -0.240. The molecule has 1 rings (SSSR count). The van der Waals surface area contributed by atoms with Gasteiger partial charge >= 0.3 is 0 Å². The molecule has 0 bridgehead atoms. The van der Waals surface area contributed by atoms with Crippen LogP contribution in [0.5, 0.6) is 0 Å². The van der Waals surface area contributed by atoms with Crippen molar-refractivity contribution in [3.8, 4) is 0 Å². The summed E-state index contributed by atoms with van der Waals surface area (Å²) < 4.78 is 0. The Morgan fingerprint density at radius 2 is 1.65 bits per heavy atom. The Morgan fingerprint density at radius 1 is 1.00 bits per heavy atom. The molecule has 0 aliphatic heterocycles. The normalized spacial score (nSPS) is 22.2. The van der Waals surface area contributed by atoms with E-state index in [1.54, 1.807) is 6.92 Å². The van der Waals surface area contributed by atoms with E-state index in [4.69, 9.17) is 0 Å². The molecule has 156 valence electrons. The van der Waals surface area contributed by atoms with Crippen molar-refractivity contribution in [3.63, 3.8) is 0 Å². The van der Waals surface area contributed by atoms with Gasteiger partial charge in [-0.1, -0.05) is 52.4 Å². The van der Waals surface area contributed by atoms with E-state index in [2.05, 4.69) is 17.6 Å². The molecule has 0 heterocycles. The topological polar surface area (TPSA) is 105 Å². The van der Waals surface area contributed by atoms with Crippen molar-refractivity contribution in [3.05, 3.63) is 0 Å². The fraction of sp³-hybridized carbons (Fsp3) is 1.00. The fourth-order valence-electron chi connectivity index (χ4n) is 4.05. The molecule has 6 N–H and O–H groups in total. The fourth-order valence-corrected chi connectivity index (χ4v) is 4.05. The number of hydrogen-bond acceptors (Lipinski definition) is 6. The van der Waals surface area contributed by atoms with Crippen LogP contribution >= 0.6 is 0 Å². The van der Waals surface area contributed by atoms with Crippen molar-refractivity contribution < 1.29 is 20.4 Å². The molecule has 26 heavy (non-hydrogen) atoms. The van der Waals surface area contributed by atoms with Gasteiger partial charge in [0, 0.05) is 12.6 Å². The van der Waals surface area contributed by atoms with E-state index in [0.29, 0.717) is 18.9 Å². The lowest BCUT2D eigenvalue weighted by molar-refractivity contribution is -0.0735. The molecule has 0 radical (unpaired) electrons. The molecule has 0 saturated heterocycles. The summed E-state index contributed by atoms with van der Waals surface area (Å²) in [6.07, 6.45) is 6.85. The van der Waals surface area contributed by atoms with Gasteiger partial charge in [-0.05, 0) is 38.0 Å². The van der Waals surface area contributed by atoms with E-state index in [1.807, 2.05) is 6.92 Å². The lowest BCUT2D eigenvalue weighted by atomic mass is 9.84. The van der Waals surface area contributed by atoms with Crippen LogP contribution in [-0.4, -0.2) is 57.7 Å². The van der Waals surface area contributed by atoms with Crippen LogP contribution in [0.4, 0.5) is 0 Å². The zero-order chi connectivity index (χ0) is 19.5. The molecule has 5 unspecified atom stereocenters. The van der Waals surface area contributed by atoms with E-state index >= 15 is 0 Å². The van der Waals surface area contributed by atoms with Gasteiger partial charge in [-0.2, -0.15) is 0 Å². The molecule has 6 heteroatoms. The lowest BCUT2D eigenvalue weighted by Crippen LogP contribution is -2.51. The summed E-state index contributed by atoms with van der Waals surface area (Å²) in [5.74, 6) is 0.521. The summed E-state index contributed by atoms with van der Waals surface area (Å²) in [7, 11) is 0. The van der Waals surface area contributed by atoms with E-state index in [-0.39, 0.29) is 18.0 Å². The highest BCUT2D eigenvalue weighted by Crippen LogP contribution is 2.27. The SMILES string of the molecule is CCCC(CNC(CC1CCCCC1)C(O)O)NC(O)C(C)CC(C)O. The number of aliphatic hydroxyl groups excluding tert-OH is 3. The largest absolute Gasteiger partial charge is 0.393 e. The van der Waals surface area contributed by atoms with Gasteiger partial charge < -0.3 is 25.7 Å². The molecule has 1 aliphatic rings. The minimum absolute atomic E-state index is 0.0455. The maximum atomic E-state index is 10.4. The Labute approximate surface area is 159 Å². The van der Waals surface area contributed by atoms with Crippen LogP contribution < -0.4 is 10.6 Å². The predicted octanol–water partition coefficient (Wildman–Crippen LogP) is 1.71. The molecule has 0 aromatic carbocycles. The molecular formula is C20H42N2O4.